The molecule has 4 aromatic heterocycles. The Morgan fingerprint density at radius 2 is 0.947 bits per heavy atom. The molecule has 0 bridgehead atoms. The second-order valence-electron chi connectivity index (χ2n) is 13.7. The van der Waals surface area contributed by atoms with Crippen LogP contribution in [0.2, 0.25) is 0 Å². The zero-order chi connectivity index (χ0) is 46.2. The van der Waals surface area contributed by atoms with Crippen LogP contribution < -0.4 is 0 Å². The fourth-order valence-electron chi connectivity index (χ4n) is 7.95. The van der Waals surface area contributed by atoms with E-state index < -0.39 is 60.4 Å². The molecule has 0 unspecified atom stereocenters. The number of fused-ring (bicyclic) bond motifs is 10. The van der Waals surface area contributed by atoms with Gasteiger partial charge >= 0.3 is 0 Å². The summed E-state index contributed by atoms with van der Waals surface area (Å²) in [6, 6.07) is 34.4. The van der Waals surface area contributed by atoms with Crippen LogP contribution in [-0.2, 0) is 0 Å². The van der Waals surface area contributed by atoms with Gasteiger partial charge in [0, 0.05) is 38.1 Å². The standard InChI is InChI=1S/C51H31N5O/c1-4-16-32(17-5-1)35-30-43(46-40-24-12-15-27-44(40)57-45(46)31-35)55-41-25-13-10-22-36(41)38-28-29-39-37-23-11-14-26-42(37)56(48(39)47(38)55)51-53-49(33-18-6-2-7-19-33)52-50(54-51)34-20-8-3-9-21-34/h1-31H/i10D,11D,13D,14D,22D,23D,25D,26D,28D,29D. The molecular weight excluding hydrogens is 699 g/mol. The number of benzene rings is 8. The zero-order valence-electron chi connectivity index (χ0n) is 39.8. The average Bonchev–Trinajstić information content (AvgIpc) is 4.05. The molecule has 6 nitrogen and oxygen atoms in total. The minimum absolute atomic E-state index is 0.000139. The first-order valence-corrected chi connectivity index (χ1v) is 18.3. The topological polar surface area (TPSA) is 61.7 Å². The van der Waals surface area contributed by atoms with Crippen molar-refractivity contribution in [2.24, 2.45) is 0 Å². The fourth-order valence-corrected chi connectivity index (χ4v) is 7.95. The summed E-state index contributed by atoms with van der Waals surface area (Å²) in [6.07, 6.45) is 0. The van der Waals surface area contributed by atoms with Crippen LogP contribution in [0.15, 0.2) is 192 Å². The van der Waals surface area contributed by atoms with Crippen molar-refractivity contribution >= 4 is 65.6 Å². The van der Waals surface area contributed by atoms with Gasteiger partial charge in [0.2, 0.25) is 5.95 Å². The van der Waals surface area contributed by atoms with Crippen LogP contribution >= 0.6 is 0 Å². The predicted octanol–water partition coefficient (Wildman–Crippen LogP) is 13.0. The Morgan fingerprint density at radius 3 is 1.58 bits per heavy atom. The Morgan fingerprint density at radius 1 is 0.421 bits per heavy atom. The molecular formula is C51H31N5O. The Labute approximate surface area is 340 Å². The van der Waals surface area contributed by atoms with Crippen molar-refractivity contribution in [3.63, 3.8) is 0 Å². The van der Waals surface area contributed by atoms with E-state index in [9.17, 15) is 8.22 Å². The van der Waals surface area contributed by atoms with E-state index in [0.717, 1.165) is 5.56 Å². The summed E-state index contributed by atoms with van der Waals surface area (Å²) in [5.41, 5.74) is 4.29. The molecule has 12 rings (SSSR count). The lowest BCUT2D eigenvalue weighted by atomic mass is 10.0. The number of rotatable bonds is 5. The minimum atomic E-state index is -0.560. The van der Waals surface area contributed by atoms with Crippen LogP contribution in [0.3, 0.4) is 0 Å². The average molecular weight is 740 g/mol. The first-order chi connectivity index (χ1) is 32.4. The summed E-state index contributed by atoms with van der Waals surface area (Å²) in [7, 11) is 0. The molecule has 8 aromatic carbocycles. The molecule has 0 radical (unpaired) electrons. The first-order valence-electron chi connectivity index (χ1n) is 23.3. The maximum atomic E-state index is 9.85. The minimum Gasteiger partial charge on any atom is -0.456 e. The smallest absolute Gasteiger partial charge is 0.238 e. The van der Waals surface area contributed by atoms with Crippen molar-refractivity contribution < 1.29 is 18.1 Å². The van der Waals surface area contributed by atoms with E-state index >= 15 is 0 Å². The zero-order valence-corrected chi connectivity index (χ0v) is 29.8. The molecule has 0 saturated heterocycles. The molecule has 0 fully saturated rings. The summed E-state index contributed by atoms with van der Waals surface area (Å²) >= 11 is 0. The van der Waals surface area contributed by atoms with Gasteiger partial charge in [-0.15, -0.1) is 0 Å². The van der Waals surface area contributed by atoms with Gasteiger partial charge in [-0.3, -0.25) is 4.57 Å². The normalized spacial score (nSPS) is 14.3. The molecule has 266 valence electrons. The van der Waals surface area contributed by atoms with Crippen LogP contribution in [0.4, 0.5) is 0 Å². The maximum Gasteiger partial charge on any atom is 0.238 e. The van der Waals surface area contributed by atoms with Crippen molar-refractivity contribution in [2.75, 3.05) is 0 Å². The quantitative estimate of drug-likeness (QED) is 0.176. The Hall–Kier alpha value is -7.83. The van der Waals surface area contributed by atoms with Gasteiger partial charge in [0.25, 0.3) is 0 Å². The molecule has 0 saturated carbocycles. The highest BCUT2D eigenvalue weighted by molar-refractivity contribution is 6.25. The second-order valence-corrected chi connectivity index (χ2v) is 13.7. The Bertz CT molecular complexity index is 4040. The number of para-hydroxylation sites is 3. The van der Waals surface area contributed by atoms with Crippen molar-refractivity contribution in [2.45, 2.75) is 0 Å². The molecule has 0 amide bonds. The Kier molecular flexibility index (Phi) is 5.02. The van der Waals surface area contributed by atoms with E-state index in [1.165, 1.54) is 4.57 Å². The second kappa shape index (κ2) is 12.3. The van der Waals surface area contributed by atoms with Crippen molar-refractivity contribution in [3.05, 3.63) is 188 Å². The third-order valence-electron chi connectivity index (χ3n) is 10.4. The van der Waals surface area contributed by atoms with E-state index in [-0.39, 0.29) is 61.2 Å². The molecule has 6 heteroatoms. The SMILES string of the molecule is [2H]c1c([2H])c([2H])c2c(c1[2H])c1c([2H])c([2H])c3c4c([2H])c([2H])c([2H])c([2H])c4n(-c4cc(-c5ccccc5)cc5oc6ccccc6c45)c3c1n2-c1nc(-c2ccccc2)nc(-c2ccccc2)n1. The molecule has 0 aliphatic heterocycles. The van der Waals surface area contributed by atoms with Crippen molar-refractivity contribution in [1.82, 2.24) is 24.1 Å². The molecule has 12 aromatic rings. The number of hydrogen-bond donors (Lipinski definition) is 0. The van der Waals surface area contributed by atoms with Gasteiger partial charge in [0.05, 0.1) is 46.8 Å². The van der Waals surface area contributed by atoms with Crippen LogP contribution in [0, 0.1) is 0 Å². The number of aromatic nitrogens is 5. The van der Waals surface area contributed by atoms with E-state index in [2.05, 4.69) is 0 Å². The van der Waals surface area contributed by atoms with Crippen LogP contribution in [0.1, 0.15) is 13.7 Å². The molecule has 0 spiro atoms. The molecule has 57 heavy (non-hydrogen) atoms. The summed E-state index contributed by atoms with van der Waals surface area (Å²) < 4.78 is 103. The van der Waals surface area contributed by atoms with Crippen LogP contribution in [0.5, 0.6) is 0 Å². The summed E-state index contributed by atoms with van der Waals surface area (Å²) in [5.74, 6) is 0.397. The van der Waals surface area contributed by atoms with Crippen molar-refractivity contribution in [3.8, 4) is 45.5 Å². The molecule has 0 N–H and O–H groups in total. The lowest BCUT2D eigenvalue weighted by Gasteiger charge is -2.15. The highest BCUT2D eigenvalue weighted by Crippen LogP contribution is 2.45. The molecule has 4 heterocycles. The number of nitrogens with zero attached hydrogens (tertiary/aromatic N) is 5. The van der Waals surface area contributed by atoms with Crippen LogP contribution in [-0.4, -0.2) is 24.1 Å². The van der Waals surface area contributed by atoms with E-state index in [1.54, 1.807) is 4.57 Å². The van der Waals surface area contributed by atoms with Gasteiger partial charge < -0.3 is 8.98 Å². The predicted molar refractivity (Wildman–Crippen MR) is 232 cm³/mol. The van der Waals surface area contributed by atoms with Gasteiger partial charge in [-0.05, 0) is 41.4 Å². The van der Waals surface area contributed by atoms with E-state index in [1.807, 2.05) is 127 Å². The monoisotopic (exact) mass is 739 g/mol. The molecule has 0 aliphatic carbocycles. The highest BCUT2D eigenvalue weighted by Gasteiger charge is 2.25. The Balaban J connectivity index is 1.40. The molecule has 0 aliphatic rings. The third kappa shape index (κ3) is 4.81. The number of hydrogen-bond acceptors (Lipinski definition) is 4. The molecule has 0 atom stereocenters. The lowest BCUT2D eigenvalue weighted by Crippen LogP contribution is -2.07. The van der Waals surface area contributed by atoms with Gasteiger partial charge in [0.1, 0.15) is 11.2 Å². The van der Waals surface area contributed by atoms with Gasteiger partial charge in [-0.1, -0.05) is 158 Å². The summed E-state index contributed by atoms with van der Waals surface area (Å²) in [6.45, 7) is 0. The maximum absolute atomic E-state index is 9.85. The number of furan rings is 1. The summed E-state index contributed by atoms with van der Waals surface area (Å²) in [5, 5.41) is 1.13. The first kappa shape index (κ1) is 23.2. The van der Waals surface area contributed by atoms with Crippen molar-refractivity contribution in [1.29, 1.82) is 0 Å². The van der Waals surface area contributed by atoms with Gasteiger partial charge in [-0.2, -0.15) is 9.97 Å². The summed E-state index contributed by atoms with van der Waals surface area (Å²) in [4.78, 5) is 15.0. The van der Waals surface area contributed by atoms with E-state index in [0.29, 0.717) is 44.3 Å². The van der Waals surface area contributed by atoms with Gasteiger partial charge in [0.15, 0.2) is 11.6 Å². The largest absolute Gasteiger partial charge is 0.456 e. The van der Waals surface area contributed by atoms with Crippen LogP contribution in [0.25, 0.3) is 111 Å². The van der Waals surface area contributed by atoms with Gasteiger partial charge in [-0.25, -0.2) is 4.98 Å². The lowest BCUT2D eigenvalue weighted by molar-refractivity contribution is 0.669. The third-order valence-corrected chi connectivity index (χ3v) is 10.4. The fraction of sp³-hybridized carbons (Fsp3) is 0. The highest BCUT2D eigenvalue weighted by atomic mass is 16.3. The van der Waals surface area contributed by atoms with E-state index in [4.69, 9.17) is 24.9 Å².